The number of fused-ring (bicyclic) bond motifs is 1. The summed E-state index contributed by atoms with van der Waals surface area (Å²) in [5, 5.41) is 33.4. The number of unbranched alkanes of at least 4 members (excludes halogenated alkanes) is 1. The van der Waals surface area contributed by atoms with E-state index < -0.39 is 41.5 Å². The number of imidazole rings is 1. The Morgan fingerprint density at radius 1 is 0.646 bits per heavy atom. The zero-order valence-electron chi connectivity index (χ0n) is 36.7. The number of aliphatic hydroxyl groups is 2. The molecule has 1 saturated heterocycles. The zero-order valence-corrected chi connectivity index (χ0v) is 36.7. The van der Waals surface area contributed by atoms with E-state index in [9.17, 15) is 10.2 Å². The van der Waals surface area contributed by atoms with Crippen molar-refractivity contribution in [2.24, 2.45) is 0 Å². The van der Waals surface area contributed by atoms with Crippen molar-refractivity contribution in [1.82, 2.24) is 24.8 Å². The van der Waals surface area contributed by atoms with Gasteiger partial charge in [-0.2, -0.15) is 0 Å². The molecule has 1 aliphatic heterocycles. The molecule has 0 spiro atoms. The number of anilines is 1. The summed E-state index contributed by atoms with van der Waals surface area (Å²) in [6.07, 6.45) is 0.697. The van der Waals surface area contributed by atoms with Crippen LogP contribution in [0, 0.1) is 0 Å². The van der Waals surface area contributed by atoms with Gasteiger partial charge in [0.2, 0.25) is 0 Å². The minimum absolute atomic E-state index is 0.450. The monoisotopic (exact) mass is 866 g/mol. The van der Waals surface area contributed by atoms with Gasteiger partial charge >= 0.3 is 0 Å². The Morgan fingerprint density at radius 3 is 1.63 bits per heavy atom. The van der Waals surface area contributed by atoms with Gasteiger partial charge in [-0.3, -0.25) is 4.57 Å². The minimum atomic E-state index is -1.22. The molecule has 3 heterocycles. The second-order valence-corrected chi connectivity index (χ2v) is 16.4. The standard InChI is InChI=1S/C54H54N6O5/c1-4-5-34-55-45-47(61)52(65-48(45)49(62)53(37-18-10-6-11-19-37,38-20-12-7-13-21-38)39-26-30-43(63-2)31-27-39)60-36-58-46-50(56-35-57-51(46)60)59-54(40-22-14-8-15-23-40,41-24-16-9-17-25-41)42-28-32-44(64-3)33-29-42/h6-33,35-36,45,47-49,52,55,61-62H,4-5,34H2,1-3H3,(H,56,57,59)/t45?,47-,48+,49?,52-/m1/s1. The Hall–Kier alpha value is -6.89. The number of benzene rings is 6. The number of ether oxygens (including phenoxy) is 3. The van der Waals surface area contributed by atoms with Crippen molar-refractivity contribution in [3.05, 3.63) is 216 Å². The van der Waals surface area contributed by atoms with Crippen molar-refractivity contribution in [2.75, 3.05) is 26.1 Å². The molecular weight excluding hydrogens is 813 g/mol. The predicted molar refractivity (Wildman–Crippen MR) is 253 cm³/mol. The molecule has 2 unspecified atom stereocenters. The Bertz CT molecular complexity index is 2680. The fourth-order valence-electron chi connectivity index (χ4n) is 9.64. The maximum Gasteiger partial charge on any atom is 0.167 e. The number of rotatable bonds is 17. The Balaban J connectivity index is 1.16. The second-order valence-electron chi connectivity index (χ2n) is 16.4. The number of aromatic nitrogens is 4. The molecule has 11 heteroatoms. The van der Waals surface area contributed by atoms with E-state index in [0.717, 1.165) is 52.0 Å². The van der Waals surface area contributed by atoms with Crippen LogP contribution in [0.4, 0.5) is 5.82 Å². The maximum absolute atomic E-state index is 13.4. The van der Waals surface area contributed by atoms with Crippen molar-refractivity contribution < 1.29 is 24.4 Å². The summed E-state index contributed by atoms with van der Waals surface area (Å²) in [7, 11) is 3.30. The number of hydrogen-bond acceptors (Lipinski definition) is 10. The van der Waals surface area contributed by atoms with Crippen LogP contribution < -0.4 is 20.1 Å². The Labute approximate surface area is 379 Å². The fourth-order valence-corrected chi connectivity index (χ4v) is 9.64. The van der Waals surface area contributed by atoms with Crippen LogP contribution in [0.3, 0.4) is 0 Å². The van der Waals surface area contributed by atoms with Crippen molar-refractivity contribution in [1.29, 1.82) is 0 Å². The van der Waals surface area contributed by atoms with Gasteiger partial charge in [-0.25, -0.2) is 15.0 Å². The maximum atomic E-state index is 13.4. The van der Waals surface area contributed by atoms with Crippen LogP contribution in [-0.2, 0) is 15.7 Å². The lowest BCUT2D eigenvalue weighted by atomic mass is 9.64. The molecule has 5 atom stereocenters. The lowest BCUT2D eigenvalue weighted by Crippen LogP contribution is -2.56. The molecule has 11 nitrogen and oxygen atoms in total. The van der Waals surface area contributed by atoms with Gasteiger partial charge in [0.1, 0.15) is 35.6 Å². The average Bonchev–Trinajstić information content (AvgIpc) is 3.95. The predicted octanol–water partition coefficient (Wildman–Crippen LogP) is 8.66. The lowest BCUT2D eigenvalue weighted by molar-refractivity contribution is -0.0876. The van der Waals surface area contributed by atoms with Gasteiger partial charge in [-0.15, -0.1) is 0 Å². The molecule has 6 aromatic carbocycles. The quantitative estimate of drug-likeness (QED) is 0.0521. The van der Waals surface area contributed by atoms with Crippen molar-refractivity contribution in [3.63, 3.8) is 0 Å². The second kappa shape index (κ2) is 19.1. The first kappa shape index (κ1) is 43.4. The van der Waals surface area contributed by atoms with E-state index in [1.54, 1.807) is 25.1 Å². The van der Waals surface area contributed by atoms with Gasteiger partial charge in [-0.05, 0) is 70.6 Å². The third kappa shape index (κ3) is 7.91. The minimum Gasteiger partial charge on any atom is -0.497 e. The lowest BCUT2D eigenvalue weighted by Gasteiger charge is -2.43. The zero-order chi connectivity index (χ0) is 44.8. The van der Waals surface area contributed by atoms with Crippen LogP contribution in [0.2, 0.25) is 0 Å². The van der Waals surface area contributed by atoms with Gasteiger partial charge in [0.25, 0.3) is 0 Å². The van der Waals surface area contributed by atoms with Crippen LogP contribution in [0.15, 0.2) is 183 Å². The molecule has 8 aromatic rings. The van der Waals surface area contributed by atoms with Crippen LogP contribution in [0.25, 0.3) is 11.2 Å². The first-order valence-electron chi connectivity index (χ1n) is 22.2. The first-order valence-corrected chi connectivity index (χ1v) is 22.2. The van der Waals surface area contributed by atoms with E-state index >= 15 is 0 Å². The smallest absolute Gasteiger partial charge is 0.167 e. The molecule has 1 aliphatic rings. The van der Waals surface area contributed by atoms with Gasteiger partial charge in [0.15, 0.2) is 23.2 Å². The third-order valence-corrected chi connectivity index (χ3v) is 12.9. The normalized spacial score (nSPS) is 18.0. The highest BCUT2D eigenvalue weighted by molar-refractivity contribution is 5.84. The molecule has 0 amide bonds. The number of nitrogens with zero attached hydrogens (tertiary/aromatic N) is 4. The number of methoxy groups -OCH3 is 2. The summed E-state index contributed by atoms with van der Waals surface area (Å²) in [5.41, 5.74) is 4.33. The largest absolute Gasteiger partial charge is 0.497 e. The molecule has 9 rings (SSSR count). The van der Waals surface area contributed by atoms with Gasteiger partial charge in [0.05, 0.1) is 38.1 Å². The van der Waals surface area contributed by atoms with E-state index in [1.165, 1.54) is 6.33 Å². The third-order valence-electron chi connectivity index (χ3n) is 12.9. The first-order chi connectivity index (χ1) is 31.9. The molecular formula is C54H54N6O5. The molecule has 0 saturated carbocycles. The molecule has 4 N–H and O–H groups in total. The van der Waals surface area contributed by atoms with Crippen LogP contribution in [-0.4, -0.2) is 74.9 Å². The van der Waals surface area contributed by atoms with E-state index in [0.29, 0.717) is 29.3 Å². The van der Waals surface area contributed by atoms with Gasteiger partial charge < -0.3 is 35.1 Å². The molecule has 330 valence electrons. The molecule has 0 bridgehead atoms. The highest BCUT2D eigenvalue weighted by Crippen LogP contribution is 2.48. The summed E-state index contributed by atoms with van der Waals surface area (Å²) in [4.78, 5) is 14.5. The summed E-state index contributed by atoms with van der Waals surface area (Å²) in [5.74, 6) is 1.91. The highest BCUT2D eigenvalue weighted by Gasteiger charge is 2.55. The van der Waals surface area contributed by atoms with Crippen LogP contribution >= 0.6 is 0 Å². The number of hydrogen-bond donors (Lipinski definition) is 4. The molecule has 65 heavy (non-hydrogen) atoms. The van der Waals surface area contributed by atoms with Gasteiger partial charge in [0, 0.05) is 0 Å². The van der Waals surface area contributed by atoms with Crippen molar-refractivity contribution >= 4 is 17.0 Å². The summed E-state index contributed by atoms with van der Waals surface area (Å²) < 4.78 is 20.0. The Morgan fingerprint density at radius 2 is 1.12 bits per heavy atom. The fraction of sp³-hybridized carbons (Fsp3) is 0.241. The molecule has 2 aromatic heterocycles. The topological polar surface area (TPSA) is 136 Å². The molecule has 1 fully saturated rings. The van der Waals surface area contributed by atoms with E-state index in [1.807, 2.05) is 133 Å². The summed E-state index contributed by atoms with van der Waals surface area (Å²) in [6, 6.07) is 55.6. The average molecular weight is 867 g/mol. The number of nitrogens with one attached hydrogen (secondary N) is 2. The van der Waals surface area contributed by atoms with Gasteiger partial charge in [-0.1, -0.05) is 159 Å². The van der Waals surface area contributed by atoms with Crippen LogP contribution in [0.5, 0.6) is 11.5 Å². The summed E-state index contributed by atoms with van der Waals surface area (Å²) in [6.45, 7) is 2.73. The van der Waals surface area contributed by atoms with E-state index in [2.05, 4.69) is 54.0 Å². The molecule has 0 radical (unpaired) electrons. The van der Waals surface area contributed by atoms with Crippen molar-refractivity contribution in [3.8, 4) is 11.5 Å². The van der Waals surface area contributed by atoms with Crippen molar-refractivity contribution in [2.45, 2.75) is 61.3 Å². The SMILES string of the molecule is CCCCNC1[C@@H](C(O)C(c2ccccc2)(c2ccccc2)c2ccc(OC)cc2)O[C@@H](n2cnc3c(NC(c4ccccc4)(c4ccccc4)c4ccc(OC)cc4)ncnc32)[C@@H]1O. The van der Waals surface area contributed by atoms with Crippen LogP contribution in [0.1, 0.15) is 59.4 Å². The van der Waals surface area contributed by atoms with E-state index in [-0.39, 0.29) is 0 Å². The Kier molecular flexibility index (Phi) is 12.7. The summed E-state index contributed by atoms with van der Waals surface area (Å²) >= 11 is 0. The highest BCUT2D eigenvalue weighted by atomic mass is 16.5. The number of aliphatic hydroxyl groups excluding tert-OH is 2. The molecule has 0 aliphatic carbocycles. The van der Waals surface area contributed by atoms with E-state index in [4.69, 9.17) is 29.2 Å².